The minimum absolute atomic E-state index is 0.115. The van der Waals surface area contributed by atoms with E-state index in [9.17, 15) is 14.4 Å². The van der Waals surface area contributed by atoms with Gasteiger partial charge in [0.05, 0.1) is 0 Å². The molecule has 0 spiro atoms. The molecule has 1 saturated heterocycles. The van der Waals surface area contributed by atoms with Gasteiger partial charge in [0.15, 0.2) is 0 Å². The lowest BCUT2D eigenvalue weighted by atomic mass is 9.86. The molecular weight excluding hydrogens is 366 g/mol. The number of nitrogens with one attached hydrogen (secondary N) is 2. The standard InChI is InChI=1S/C23H27N3O3/c1-15-7-3-6-10-19(15)24-20(27)14-26-21(28)23(2,25-22(26)29)18-12-11-16-8-4-5-9-17(16)13-18/h4-5,8-9,11-13,15,19H,3,6-7,10,14H2,1-2H3,(H,24,27)(H,25,29). The molecule has 1 heterocycles. The van der Waals surface area contributed by atoms with Crippen molar-refractivity contribution in [2.24, 2.45) is 5.92 Å². The van der Waals surface area contributed by atoms with Crippen molar-refractivity contribution in [1.29, 1.82) is 0 Å². The highest BCUT2D eigenvalue weighted by Crippen LogP contribution is 2.31. The van der Waals surface area contributed by atoms with Crippen LogP contribution in [-0.2, 0) is 15.1 Å². The zero-order valence-electron chi connectivity index (χ0n) is 16.9. The number of nitrogens with zero attached hydrogens (tertiary/aromatic N) is 1. The number of carbonyl (C=O) groups is 3. The number of amides is 4. The number of hydrogen-bond donors (Lipinski definition) is 2. The van der Waals surface area contributed by atoms with Gasteiger partial charge in [0, 0.05) is 6.04 Å². The Morgan fingerprint density at radius 3 is 2.62 bits per heavy atom. The summed E-state index contributed by atoms with van der Waals surface area (Å²) in [5.74, 6) is -0.265. The first-order chi connectivity index (χ1) is 13.9. The predicted octanol–water partition coefficient (Wildman–Crippen LogP) is 3.30. The molecule has 1 saturated carbocycles. The molecule has 1 aliphatic heterocycles. The molecule has 6 nitrogen and oxygen atoms in total. The maximum atomic E-state index is 13.1. The zero-order chi connectivity index (χ0) is 20.6. The fourth-order valence-electron chi connectivity index (χ4n) is 4.46. The van der Waals surface area contributed by atoms with E-state index in [2.05, 4.69) is 17.6 Å². The van der Waals surface area contributed by atoms with Crippen LogP contribution in [0.25, 0.3) is 10.8 Å². The minimum atomic E-state index is -1.18. The van der Waals surface area contributed by atoms with Crippen molar-refractivity contribution in [3.63, 3.8) is 0 Å². The summed E-state index contributed by atoms with van der Waals surface area (Å²) in [4.78, 5) is 39.2. The van der Waals surface area contributed by atoms with Crippen LogP contribution in [0.3, 0.4) is 0 Å². The quantitative estimate of drug-likeness (QED) is 0.783. The summed E-state index contributed by atoms with van der Waals surface area (Å²) in [6.45, 7) is 3.57. The van der Waals surface area contributed by atoms with Gasteiger partial charge in [0.25, 0.3) is 5.91 Å². The van der Waals surface area contributed by atoms with Gasteiger partial charge in [-0.05, 0) is 48.1 Å². The first-order valence-electron chi connectivity index (χ1n) is 10.3. The number of urea groups is 1. The van der Waals surface area contributed by atoms with Crippen LogP contribution >= 0.6 is 0 Å². The van der Waals surface area contributed by atoms with Crippen LogP contribution < -0.4 is 10.6 Å². The zero-order valence-corrected chi connectivity index (χ0v) is 16.9. The second-order valence-corrected chi connectivity index (χ2v) is 8.44. The van der Waals surface area contributed by atoms with Gasteiger partial charge in [-0.2, -0.15) is 0 Å². The summed E-state index contributed by atoms with van der Waals surface area (Å²) in [6, 6.07) is 13.2. The van der Waals surface area contributed by atoms with Gasteiger partial charge < -0.3 is 10.6 Å². The monoisotopic (exact) mass is 393 g/mol. The molecular formula is C23H27N3O3. The van der Waals surface area contributed by atoms with Crippen molar-refractivity contribution in [3.05, 3.63) is 48.0 Å². The summed E-state index contributed by atoms with van der Waals surface area (Å²) in [7, 11) is 0. The van der Waals surface area contributed by atoms with Crippen molar-refractivity contribution < 1.29 is 14.4 Å². The SMILES string of the molecule is CC1CCCCC1NC(=O)CN1C(=O)NC(C)(c2ccc3ccccc3c2)C1=O. The summed E-state index contributed by atoms with van der Waals surface area (Å²) < 4.78 is 0. The first-order valence-corrected chi connectivity index (χ1v) is 10.3. The lowest BCUT2D eigenvalue weighted by molar-refractivity contribution is -0.135. The molecule has 29 heavy (non-hydrogen) atoms. The molecule has 4 rings (SSSR count). The van der Waals surface area contributed by atoms with E-state index in [1.165, 1.54) is 6.42 Å². The highest BCUT2D eigenvalue weighted by Gasteiger charge is 2.49. The largest absolute Gasteiger partial charge is 0.352 e. The van der Waals surface area contributed by atoms with Crippen LogP contribution in [-0.4, -0.2) is 35.3 Å². The van der Waals surface area contributed by atoms with Crippen molar-refractivity contribution in [2.75, 3.05) is 6.54 Å². The van der Waals surface area contributed by atoms with E-state index in [-0.39, 0.29) is 18.5 Å². The molecule has 3 unspecified atom stereocenters. The van der Waals surface area contributed by atoms with Gasteiger partial charge in [0.1, 0.15) is 12.1 Å². The molecule has 2 aromatic carbocycles. The van der Waals surface area contributed by atoms with Gasteiger partial charge >= 0.3 is 6.03 Å². The Morgan fingerprint density at radius 2 is 1.86 bits per heavy atom. The van der Waals surface area contributed by atoms with Crippen molar-refractivity contribution >= 4 is 28.6 Å². The topological polar surface area (TPSA) is 78.5 Å². The molecule has 2 aliphatic rings. The molecule has 1 aliphatic carbocycles. The Labute approximate surface area is 170 Å². The van der Waals surface area contributed by atoms with Crippen LogP contribution in [0, 0.1) is 5.92 Å². The molecule has 2 fully saturated rings. The summed E-state index contributed by atoms with van der Waals surface area (Å²) >= 11 is 0. The van der Waals surface area contributed by atoms with Crippen LogP contribution in [0.2, 0.25) is 0 Å². The minimum Gasteiger partial charge on any atom is -0.352 e. The first kappa shape index (κ1) is 19.4. The predicted molar refractivity (Wildman–Crippen MR) is 111 cm³/mol. The normalized spacial score (nSPS) is 27.2. The maximum Gasteiger partial charge on any atom is 0.325 e. The average molecular weight is 393 g/mol. The van der Waals surface area contributed by atoms with E-state index >= 15 is 0 Å². The van der Waals surface area contributed by atoms with E-state index in [1.807, 2.05) is 42.5 Å². The van der Waals surface area contributed by atoms with Gasteiger partial charge in [-0.15, -0.1) is 0 Å². The van der Waals surface area contributed by atoms with E-state index in [1.54, 1.807) is 6.92 Å². The Kier molecular flexibility index (Phi) is 5.03. The third-order valence-electron chi connectivity index (χ3n) is 6.36. The highest BCUT2D eigenvalue weighted by molar-refractivity contribution is 6.09. The third kappa shape index (κ3) is 3.59. The number of benzene rings is 2. The third-order valence-corrected chi connectivity index (χ3v) is 6.36. The Hall–Kier alpha value is -2.89. The molecule has 0 radical (unpaired) electrons. The lowest BCUT2D eigenvalue weighted by Crippen LogP contribution is -2.47. The van der Waals surface area contributed by atoms with Gasteiger partial charge in [0.2, 0.25) is 5.91 Å². The van der Waals surface area contributed by atoms with Crippen LogP contribution in [0.15, 0.2) is 42.5 Å². The Bertz CT molecular complexity index is 973. The maximum absolute atomic E-state index is 13.1. The van der Waals surface area contributed by atoms with E-state index in [0.717, 1.165) is 34.9 Å². The Balaban J connectivity index is 1.50. The second kappa shape index (κ2) is 7.50. The van der Waals surface area contributed by atoms with Gasteiger partial charge in [-0.3, -0.25) is 14.5 Å². The fraction of sp³-hybridized carbons (Fsp3) is 0.435. The smallest absolute Gasteiger partial charge is 0.325 e. The van der Waals surface area contributed by atoms with E-state index < -0.39 is 17.5 Å². The molecule has 6 heteroatoms. The molecule has 152 valence electrons. The van der Waals surface area contributed by atoms with Crippen molar-refractivity contribution in [3.8, 4) is 0 Å². The molecule has 0 bridgehead atoms. The summed E-state index contributed by atoms with van der Waals surface area (Å²) in [5.41, 5.74) is -0.474. The van der Waals surface area contributed by atoms with Crippen molar-refractivity contribution in [2.45, 2.75) is 51.1 Å². The van der Waals surface area contributed by atoms with Crippen LogP contribution in [0.1, 0.15) is 45.1 Å². The number of rotatable bonds is 4. The van der Waals surface area contributed by atoms with E-state index in [0.29, 0.717) is 11.5 Å². The van der Waals surface area contributed by atoms with Gasteiger partial charge in [-0.1, -0.05) is 56.2 Å². The van der Waals surface area contributed by atoms with Gasteiger partial charge in [-0.25, -0.2) is 4.79 Å². The Morgan fingerprint density at radius 1 is 1.14 bits per heavy atom. The van der Waals surface area contributed by atoms with Crippen LogP contribution in [0.5, 0.6) is 0 Å². The number of fused-ring (bicyclic) bond motifs is 1. The van der Waals surface area contributed by atoms with Crippen LogP contribution in [0.4, 0.5) is 4.79 Å². The molecule has 3 atom stereocenters. The molecule has 2 aromatic rings. The summed E-state index contributed by atoms with van der Waals surface area (Å²) in [5, 5.41) is 7.86. The number of imide groups is 1. The van der Waals surface area contributed by atoms with E-state index in [4.69, 9.17) is 0 Å². The number of hydrogen-bond acceptors (Lipinski definition) is 3. The fourth-order valence-corrected chi connectivity index (χ4v) is 4.46. The highest BCUT2D eigenvalue weighted by atomic mass is 16.2. The molecule has 2 N–H and O–H groups in total. The summed E-state index contributed by atoms with van der Waals surface area (Å²) in [6.07, 6.45) is 4.32. The molecule has 0 aromatic heterocycles. The average Bonchev–Trinajstić information content (AvgIpc) is 2.93. The molecule has 4 amide bonds. The number of carbonyl (C=O) groups excluding carboxylic acids is 3. The lowest BCUT2D eigenvalue weighted by Gasteiger charge is -2.30. The second-order valence-electron chi connectivity index (χ2n) is 8.44. The van der Waals surface area contributed by atoms with Crippen molar-refractivity contribution in [1.82, 2.24) is 15.5 Å².